The summed E-state index contributed by atoms with van der Waals surface area (Å²) in [4.78, 5) is 0. The minimum absolute atomic E-state index is 0.167. The zero-order valence-corrected chi connectivity index (χ0v) is 10.4. The van der Waals surface area contributed by atoms with Gasteiger partial charge in [-0.05, 0) is 63.0 Å². The van der Waals surface area contributed by atoms with E-state index in [2.05, 4.69) is 17.6 Å². The molecule has 1 saturated heterocycles. The standard InChI is InChI=1S/C14H21FN2/c1-11(13-2-4-14(15)5-3-13)17-10-12-6-8-16-9-7-12/h2-5,11-12,16-17H,6-10H2,1H3/t11-/m1/s1. The zero-order chi connectivity index (χ0) is 12.1. The third kappa shape index (κ3) is 3.79. The lowest BCUT2D eigenvalue weighted by Crippen LogP contribution is -2.34. The number of piperidine rings is 1. The molecule has 1 atom stereocenters. The van der Waals surface area contributed by atoms with Crippen LogP contribution in [-0.4, -0.2) is 19.6 Å². The van der Waals surface area contributed by atoms with E-state index in [1.807, 2.05) is 12.1 Å². The molecule has 1 aliphatic heterocycles. The number of halogens is 1. The quantitative estimate of drug-likeness (QED) is 0.839. The van der Waals surface area contributed by atoms with Crippen LogP contribution in [0.4, 0.5) is 4.39 Å². The summed E-state index contributed by atoms with van der Waals surface area (Å²) in [5.41, 5.74) is 1.15. The molecule has 1 fully saturated rings. The zero-order valence-electron chi connectivity index (χ0n) is 10.4. The maximum Gasteiger partial charge on any atom is 0.123 e. The van der Waals surface area contributed by atoms with Crippen LogP contribution in [-0.2, 0) is 0 Å². The summed E-state index contributed by atoms with van der Waals surface area (Å²) in [6.07, 6.45) is 2.51. The van der Waals surface area contributed by atoms with Crippen LogP contribution in [0.2, 0.25) is 0 Å². The molecule has 0 radical (unpaired) electrons. The number of hydrogen-bond acceptors (Lipinski definition) is 2. The number of benzene rings is 1. The molecule has 1 aromatic carbocycles. The Labute approximate surface area is 103 Å². The highest BCUT2D eigenvalue weighted by molar-refractivity contribution is 5.19. The van der Waals surface area contributed by atoms with E-state index in [-0.39, 0.29) is 5.82 Å². The van der Waals surface area contributed by atoms with E-state index in [0.717, 1.165) is 31.1 Å². The van der Waals surface area contributed by atoms with Crippen molar-refractivity contribution < 1.29 is 4.39 Å². The summed E-state index contributed by atoms with van der Waals surface area (Å²) >= 11 is 0. The molecule has 0 saturated carbocycles. The van der Waals surface area contributed by atoms with E-state index < -0.39 is 0 Å². The Kier molecular flexibility index (Phi) is 4.51. The van der Waals surface area contributed by atoms with E-state index >= 15 is 0 Å². The average Bonchev–Trinajstić information content (AvgIpc) is 2.38. The smallest absolute Gasteiger partial charge is 0.123 e. The van der Waals surface area contributed by atoms with Crippen LogP contribution in [0.3, 0.4) is 0 Å². The van der Waals surface area contributed by atoms with Crippen molar-refractivity contribution >= 4 is 0 Å². The molecule has 0 aromatic heterocycles. The van der Waals surface area contributed by atoms with E-state index in [9.17, 15) is 4.39 Å². The van der Waals surface area contributed by atoms with Gasteiger partial charge in [-0.25, -0.2) is 4.39 Å². The maximum absolute atomic E-state index is 12.8. The molecule has 1 aromatic rings. The second-order valence-electron chi connectivity index (χ2n) is 4.87. The van der Waals surface area contributed by atoms with E-state index in [4.69, 9.17) is 0 Å². The summed E-state index contributed by atoms with van der Waals surface area (Å²) in [6, 6.07) is 7.06. The molecule has 0 bridgehead atoms. The Bertz CT molecular complexity index is 331. The Morgan fingerprint density at radius 3 is 2.59 bits per heavy atom. The van der Waals surface area contributed by atoms with Crippen LogP contribution in [0.5, 0.6) is 0 Å². The summed E-state index contributed by atoms with van der Waals surface area (Å²) in [5, 5.41) is 6.91. The summed E-state index contributed by atoms with van der Waals surface area (Å²) in [6.45, 7) is 5.46. The molecule has 1 aliphatic rings. The second kappa shape index (κ2) is 6.12. The van der Waals surface area contributed by atoms with Gasteiger partial charge in [-0.15, -0.1) is 0 Å². The molecule has 0 unspecified atom stereocenters. The molecule has 2 N–H and O–H groups in total. The van der Waals surface area contributed by atoms with Crippen molar-refractivity contribution in [3.05, 3.63) is 35.6 Å². The van der Waals surface area contributed by atoms with Gasteiger partial charge in [0.15, 0.2) is 0 Å². The fourth-order valence-corrected chi connectivity index (χ4v) is 2.30. The van der Waals surface area contributed by atoms with E-state index in [0.29, 0.717) is 6.04 Å². The van der Waals surface area contributed by atoms with E-state index in [1.54, 1.807) is 0 Å². The first-order valence-corrected chi connectivity index (χ1v) is 6.45. The van der Waals surface area contributed by atoms with Crippen molar-refractivity contribution in [3.8, 4) is 0 Å². The largest absolute Gasteiger partial charge is 0.317 e. The molecule has 2 rings (SSSR count). The van der Waals surface area contributed by atoms with Gasteiger partial charge in [-0.2, -0.15) is 0 Å². The van der Waals surface area contributed by atoms with Crippen LogP contribution in [0.15, 0.2) is 24.3 Å². The average molecular weight is 236 g/mol. The molecule has 2 nitrogen and oxygen atoms in total. The first kappa shape index (κ1) is 12.5. The molecule has 1 heterocycles. The Hall–Kier alpha value is -0.930. The highest BCUT2D eigenvalue weighted by atomic mass is 19.1. The van der Waals surface area contributed by atoms with Crippen LogP contribution < -0.4 is 10.6 Å². The first-order valence-electron chi connectivity index (χ1n) is 6.45. The van der Waals surface area contributed by atoms with Gasteiger partial charge in [0.25, 0.3) is 0 Å². The summed E-state index contributed by atoms with van der Waals surface area (Å²) in [5.74, 6) is 0.610. The monoisotopic (exact) mass is 236 g/mol. The first-order chi connectivity index (χ1) is 8.25. The fourth-order valence-electron chi connectivity index (χ4n) is 2.30. The highest BCUT2D eigenvalue weighted by Crippen LogP contribution is 2.15. The molecule has 3 heteroatoms. The van der Waals surface area contributed by atoms with Crippen LogP contribution >= 0.6 is 0 Å². The van der Waals surface area contributed by atoms with Crippen molar-refractivity contribution in [1.82, 2.24) is 10.6 Å². The molecular formula is C14H21FN2. The lowest BCUT2D eigenvalue weighted by atomic mass is 9.97. The summed E-state index contributed by atoms with van der Waals surface area (Å²) < 4.78 is 12.8. The Morgan fingerprint density at radius 2 is 1.94 bits per heavy atom. The van der Waals surface area contributed by atoms with Crippen molar-refractivity contribution in [2.24, 2.45) is 5.92 Å². The third-order valence-electron chi connectivity index (χ3n) is 3.54. The minimum Gasteiger partial charge on any atom is -0.317 e. The van der Waals surface area contributed by atoms with Crippen molar-refractivity contribution in [2.75, 3.05) is 19.6 Å². The number of hydrogen-bond donors (Lipinski definition) is 2. The molecule has 17 heavy (non-hydrogen) atoms. The van der Waals surface area contributed by atoms with Gasteiger partial charge in [0.05, 0.1) is 0 Å². The highest BCUT2D eigenvalue weighted by Gasteiger charge is 2.14. The predicted molar refractivity (Wildman–Crippen MR) is 68.4 cm³/mol. The topological polar surface area (TPSA) is 24.1 Å². The Balaban J connectivity index is 1.80. The van der Waals surface area contributed by atoms with Gasteiger partial charge in [0, 0.05) is 6.04 Å². The normalized spacial score (nSPS) is 19.2. The molecule has 0 aliphatic carbocycles. The van der Waals surface area contributed by atoms with Gasteiger partial charge in [-0.1, -0.05) is 12.1 Å². The number of nitrogens with one attached hydrogen (secondary N) is 2. The van der Waals surface area contributed by atoms with Crippen molar-refractivity contribution in [2.45, 2.75) is 25.8 Å². The lowest BCUT2D eigenvalue weighted by molar-refractivity contribution is 0.345. The van der Waals surface area contributed by atoms with Crippen molar-refractivity contribution in [3.63, 3.8) is 0 Å². The van der Waals surface area contributed by atoms with Gasteiger partial charge in [-0.3, -0.25) is 0 Å². The van der Waals surface area contributed by atoms with Gasteiger partial charge < -0.3 is 10.6 Å². The third-order valence-corrected chi connectivity index (χ3v) is 3.54. The van der Waals surface area contributed by atoms with Crippen LogP contribution in [0.25, 0.3) is 0 Å². The van der Waals surface area contributed by atoms with Crippen molar-refractivity contribution in [1.29, 1.82) is 0 Å². The Morgan fingerprint density at radius 1 is 1.29 bits per heavy atom. The van der Waals surface area contributed by atoms with Gasteiger partial charge >= 0.3 is 0 Å². The SMILES string of the molecule is C[C@@H](NCC1CCNCC1)c1ccc(F)cc1. The molecule has 94 valence electrons. The number of rotatable bonds is 4. The van der Waals surface area contributed by atoms with Crippen LogP contribution in [0, 0.1) is 11.7 Å². The predicted octanol–water partition coefficient (Wildman–Crippen LogP) is 2.48. The van der Waals surface area contributed by atoms with E-state index in [1.165, 1.54) is 25.0 Å². The minimum atomic E-state index is -0.167. The lowest BCUT2D eigenvalue weighted by Gasteiger charge is -2.25. The molecule has 0 amide bonds. The fraction of sp³-hybridized carbons (Fsp3) is 0.571. The second-order valence-corrected chi connectivity index (χ2v) is 4.87. The van der Waals surface area contributed by atoms with Gasteiger partial charge in [0.1, 0.15) is 5.82 Å². The summed E-state index contributed by atoms with van der Waals surface area (Å²) in [7, 11) is 0. The molecule has 0 spiro atoms. The van der Waals surface area contributed by atoms with Gasteiger partial charge in [0.2, 0.25) is 0 Å². The maximum atomic E-state index is 12.8. The molecular weight excluding hydrogens is 215 g/mol. The van der Waals surface area contributed by atoms with Crippen LogP contribution in [0.1, 0.15) is 31.4 Å².